The van der Waals surface area contributed by atoms with E-state index < -0.39 is 16.7 Å². The van der Waals surface area contributed by atoms with E-state index in [-0.39, 0.29) is 0 Å². The molecule has 4 heteroatoms. The fourth-order valence-electron chi connectivity index (χ4n) is 0.921. The predicted molar refractivity (Wildman–Crippen MR) is 47.3 cm³/mol. The zero-order chi connectivity index (χ0) is 9.14. The molecule has 0 heterocycles. The normalized spacial score (nSPS) is 12.4. The average molecular weight is 183 g/mol. The third-order valence-electron chi connectivity index (χ3n) is 1.46. The van der Waals surface area contributed by atoms with Gasteiger partial charge in [-0.2, -0.15) is 0 Å². The third kappa shape index (κ3) is 1.71. The van der Waals surface area contributed by atoms with Crippen molar-refractivity contribution in [2.24, 2.45) is 5.73 Å². The molecule has 1 amide bonds. The molecule has 64 valence electrons. The van der Waals surface area contributed by atoms with Crippen LogP contribution in [-0.2, 0) is 10.8 Å². The van der Waals surface area contributed by atoms with E-state index >= 15 is 0 Å². The molecule has 0 aromatic heterocycles. The molecule has 1 atom stereocenters. The minimum atomic E-state index is -1.16. The first kappa shape index (κ1) is 8.93. The van der Waals surface area contributed by atoms with Crippen LogP contribution in [-0.4, -0.2) is 16.4 Å². The Morgan fingerprint density at radius 1 is 1.42 bits per heavy atom. The molecular weight excluding hydrogens is 174 g/mol. The summed E-state index contributed by atoms with van der Waals surface area (Å²) in [5.74, 6) is -0.541. The molecule has 0 aliphatic heterocycles. The minimum absolute atomic E-state index is 0.332. The Balaban J connectivity index is 3.27. The lowest BCUT2D eigenvalue weighted by Gasteiger charge is -2.01. The van der Waals surface area contributed by atoms with Crippen molar-refractivity contribution in [2.45, 2.75) is 4.90 Å². The van der Waals surface area contributed by atoms with Crippen LogP contribution in [0.15, 0.2) is 29.2 Å². The number of hydrogen-bond acceptors (Lipinski definition) is 2. The minimum Gasteiger partial charge on any atom is -0.366 e. The van der Waals surface area contributed by atoms with Crippen molar-refractivity contribution in [1.29, 1.82) is 0 Å². The van der Waals surface area contributed by atoms with E-state index in [1.165, 1.54) is 6.26 Å². The average Bonchev–Trinajstić information content (AvgIpc) is 2.04. The second kappa shape index (κ2) is 3.49. The lowest BCUT2D eigenvalue weighted by Crippen LogP contribution is -2.13. The zero-order valence-corrected chi connectivity index (χ0v) is 7.43. The molecule has 2 N–H and O–H groups in total. The van der Waals surface area contributed by atoms with E-state index in [0.717, 1.165) is 0 Å². The first-order valence-corrected chi connectivity index (χ1v) is 4.91. The number of rotatable bonds is 2. The Hall–Kier alpha value is -1.16. The van der Waals surface area contributed by atoms with Gasteiger partial charge in [0.2, 0.25) is 5.91 Å². The van der Waals surface area contributed by atoms with E-state index in [4.69, 9.17) is 5.73 Å². The van der Waals surface area contributed by atoms with Crippen LogP contribution in [0.1, 0.15) is 10.4 Å². The predicted octanol–water partition coefficient (Wildman–Crippen LogP) is 0.523. The highest BCUT2D eigenvalue weighted by Gasteiger charge is 2.08. The summed E-state index contributed by atoms with van der Waals surface area (Å²) in [5, 5.41) is 0. The molecule has 0 saturated heterocycles. The Morgan fingerprint density at radius 3 is 2.42 bits per heavy atom. The van der Waals surface area contributed by atoms with Gasteiger partial charge in [0.25, 0.3) is 0 Å². The molecule has 0 saturated carbocycles. The first-order valence-electron chi connectivity index (χ1n) is 3.35. The molecule has 3 nitrogen and oxygen atoms in total. The summed E-state index contributed by atoms with van der Waals surface area (Å²) >= 11 is 0. The zero-order valence-electron chi connectivity index (χ0n) is 6.61. The van der Waals surface area contributed by atoms with Crippen LogP contribution in [0, 0.1) is 0 Å². The van der Waals surface area contributed by atoms with E-state index in [1.807, 2.05) is 0 Å². The lowest BCUT2D eigenvalue weighted by molar-refractivity contribution is 0.0997. The molecule has 1 aromatic carbocycles. The highest BCUT2D eigenvalue weighted by Crippen LogP contribution is 2.10. The third-order valence-corrected chi connectivity index (χ3v) is 2.44. The van der Waals surface area contributed by atoms with E-state index in [9.17, 15) is 9.00 Å². The maximum Gasteiger partial charge on any atom is 0.249 e. The Morgan fingerprint density at radius 2 is 2.00 bits per heavy atom. The van der Waals surface area contributed by atoms with E-state index in [0.29, 0.717) is 10.5 Å². The van der Waals surface area contributed by atoms with Gasteiger partial charge in [-0.25, -0.2) is 0 Å². The lowest BCUT2D eigenvalue weighted by atomic mass is 10.2. The first-order chi connectivity index (χ1) is 5.63. The monoisotopic (exact) mass is 183 g/mol. The maximum atomic E-state index is 11.1. The molecule has 0 spiro atoms. The van der Waals surface area contributed by atoms with Gasteiger partial charge in [-0.05, 0) is 12.1 Å². The van der Waals surface area contributed by atoms with Gasteiger partial charge >= 0.3 is 0 Å². The highest BCUT2D eigenvalue weighted by molar-refractivity contribution is 7.84. The van der Waals surface area contributed by atoms with Crippen molar-refractivity contribution >= 4 is 16.7 Å². The summed E-state index contributed by atoms with van der Waals surface area (Å²) in [5.41, 5.74) is 5.41. The van der Waals surface area contributed by atoms with Crippen LogP contribution in [0.3, 0.4) is 0 Å². The number of carbonyl (C=O) groups is 1. The van der Waals surface area contributed by atoms with E-state index in [1.54, 1.807) is 24.3 Å². The molecule has 0 bridgehead atoms. The van der Waals surface area contributed by atoms with Gasteiger partial charge in [0.1, 0.15) is 0 Å². The molecule has 0 aliphatic carbocycles. The summed E-state index contributed by atoms with van der Waals surface area (Å²) in [6.07, 6.45) is 1.52. The summed E-state index contributed by atoms with van der Waals surface area (Å²) in [4.78, 5) is 11.3. The van der Waals surface area contributed by atoms with Gasteiger partial charge in [0.15, 0.2) is 0 Å². The fraction of sp³-hybridized carbons (Fsp3) is 0.125. The second-order valence-corrected chi connectivity index (χ2v) is 3.66. The second-order valence-electron chi connectivity index (χ2n) is 2.31. The van der Waals surface area contributed by atoms with Gasteiger partial charge in [-0.15, -0.1) is 0 Å². The van der Waals surface area contributed by atoms with Crippen LogP contribution < -0.4 is 5.73 Å². The number of carbonyl (C=O) groups excluding carboxylic acids is 1. The summed E-state index contributed by atoms with van der Waals surface area (Å²) in [6.45, 7) is 0. The van der Waals surface area contributed by atoms with Crippen LogP contribution in [0.25, 0.3) is 0 Å². The fourth-order valence-corrected chi connectivity index (χ4v) is 1.67. The van der Waals surface area contributed by atoms with Crippen molar-refractivity contribution in [3.8, 4) is 0 Å². The van der Waals surface area contributed by atoms with Crippen molar-refractivity contribution in [3.05, 3.63) is 29.8 Å². The van der Waals surface area contributed by atoms with Crippen LogP contribution in [0.5, 0.6) is 0 Å². The molecule has 1 rings (SSSR count). The van der Waals surface area contributed by atoms with Crippen molar-refractivity contribution in [2.75, 3.05) is 6.26 Å². The molecule has 0 fully saturated rings. The molecule has 0 radical (unpaired) electrons. The van der Waals surface area contributed by atoms with Crippen LogP contribution in [0.2, 0.25) is 0 Å². The number of amides is 1. The number of primary amides is 1. The maximum absolute atomic E-state index is 11.1. The molecule has 1 aromatic rings. The van der Waals surface area contributed by atoms with Gasteiger partial charge in [0.05, 0.1) is 21.3 Å². The van der Waals surface area contributed by atoms with Gasteiger partial charge in [-0.3, -0.25) is 9.00 Å². The number of hydrogen-bond donors (Lipinski definition) is 1. The molecular formula is C8H9NO2S. The SMILES string of the molecule is C[S@@](=O)c1ccccc1C(N)=O. The summed E-state index contributed by atoms with van der Waals surface area (Å²) in [6, 6.07) is 6.62. The van der Waals surface area contributed by atoms with Crippen molar-refractivity contribution in [1.82, 2.24) is 0 Å². The highest BCUT2D eigenvalue weighted by atomic mass is 32.2. The molecule has 0 unspecified atom stereocenters. The van der Waals surface area contributed by atoms with Crippen molar-refractivity contribution in [3.63, 3.8) is 0 Å². The summed E-state index contributed by atoms with van der Waals surface area (Å²) < 4.78 is 11.1. The van der Waals surface area contributed by atoms with Gasteiger partial charge in [-0.1, -0.05) is 12.1 Å². The molecule has 12 heavy (non-hydrogen) atoms. The van der Waals surface area contributed by atoms with Crippen molar-refractivity contribution < 1.29 is 9.00 Å². The van der Waals surface area contributed by atoms with Crippen LogP contribution in [0.4, 0.5) is 0 Å². The Kier molecular flexibility index (Phi) is 2.60. The van der Waals surface area contributed by atoms with E-state index in [2.05, 4.69) is 0 Å². The quantitative estimate of drug-likeness (QED) is 0.726. The van der Waals surface area contributed by atoms with Gasteiger partial charge < -0.3 is 5.73 Å². The summed E-state index contributed by atoms with van der Waals surface area (Å²) in [7, 11) is -1.16. The van der Waals surface area contributed by atoms with Crippen LogP contribution >= 0.6 is 0 Å². The number of benzene rings is 1. The standard InChI is InChI=1S/C8H9NO2S/c1-12(11)7-5-3-2-4-6(7)8(9)10/h2-5H,1H3,(H2,9,10)/t12-/m1/s1. The Labute approximate surface area is 73.0 Å². The topological polar surface area (TPSA) is 60.2 Å². The van der Waals surface area contributed by atoms with Gasteiger partial charge in [0, 0.05) is 6.26 Å². The molecule has 0 aliphatic rings. The Bertz CT molecular complexity index is 303. The number of nitrogens with two attached hydrogens (primary N) is 1. The largest absolute Gasteiger partial charge is 0.366 e. The smallest absolute Gasteiger partial charge is 0.249 e.